The monoisotopic (exact) mass is 330 g/mol. The predicted molar refractivity (Wildman–Crippen MR) is 85.2 cm³/mol. The fourth-order valence-corrected chi connectivity index (χ4v) is 2.90. The van der Waals surface area contributed by atoms with Gasteiger partial charge in [0.15, 0.2) is 5.78 Å². The molecule has 0 spiro atoms. The number of rotatable bonds is 7. The van der Waals surface area contributed by atoms with Crippen LogP contribution >= 0.6 is 0 Å². The van der Waals surface area contributed by atoms with Gasteiger partial charge in [-0.05, 0) is 20.3 Å². The van der Waals surface area contributed by atoms with Gasteiger partial charge in [0.25, 0.3) is 0 Å². The molecule has 0 saturated heterocycles. The molecule has 0 aromatic carbocycles. The Kier molecular flexibility index (Phi) is 5.56. The molecule has 1 aromatic heterocycles. The third kappa shape index (κ3) is 4.16. The standard InChI is InChI=1S/C15H26N2O4S/c1-7-8-16-22(19,20)15(5,6)12(18)9-11-10-13(21-17-11)14(2,3)4/h10,16H,7-9H2,1-6H3. The summed E-state index contributed by atoms with van der Waals surface area (Å²) < 4.78 is 30.6. The molecule has 0 bridgehead atoms. The van der Waals surface area contributed by atoms with Crippen molar-refractivity contribution in [1.82, 2.24) is 9.88 Å². The highest BCUT2D eigenvalue weighted by Crippen LogP contribution is 2.24. The van der Waals surface area contributed by atoms with Crippen molar-refractivity contribution in [2.75, 3.05) is 6.54 Å². The predicted octanol–water partition coefficient (Wildman–Crippen LogP) is 2.19. The van der Waals surface area contributed by atoms with Gasteiger partial charge < -0.3 is 4.52 Å². The van der Waals surface area contributed by atoms with Crippen molar-refractivity contribution >= 4 is 15.8 Å². The lowest BCUT2D eigenvalue weighted by atomic mass is 9.92. The molecular weight excluding hydrogens is 304 g/mol. The van der Waals surface area contributed by atoms with Gasteiger partial charge in [-0.25, -0.2) is 13.1 Å². The second-order valence-corrected chi connectivity index (χ2v) is 9.26. The molecule has 22 heavy (non-hydrogen) atoms. The minimum atomic E-state index is -3.72. The van der Waals surface area contributed by atoms with Gasteiger partial charge in [0, 0.05) is 18.0 Å². The maximum atomic E-state index is 12.4. The van der Waals surface area contributed by atoms with Gasteiger partial charge >= 0.3 is 0 Å². The van der Waals surface area contributed by atoms with Crippen LogP contribution in [0.5, 0.6) is 0 Å². The molecule has 6 nitrogen and oxygen atoms in total. The lowest BCUT2D eigenvalue weighted by molar-refractivity contribution is -0.120. The number of carbonyl (C=O) groups is 1. The second-order valence-electron chi connectivity index (χ2n) is 6.94. The maximum absolute atomic E-state index is 12.4. The van der Waals surface area contributed by atoms with E-state index in [1.54, 1.807) is 6.07 Å². The summed E-state index contributed by atoms with van der Waals surface area (Å²) in [6.07, 6.45) is 0.599. The summed E-state index contributed by atoms with van der Waals surface area (Å²) in [5, 5.41) is 3.87. The SMILES string of the molecule is CCCNS(=O)(=O)C(C)(C)C(=O)Cc1cc(C(C)(C)C)on1. The van der Waals surface area contributed by atoms with Crippen molar-refractivity contribution in [3.05, 3.63) is 17.5 Å². The fourth-order valence-electron chi connectivity index (χ4n) is 1.69. The maximum Gasteiger partial charge on any atom is 0.223 e. The van der Waals surface area contributed by atoms with Gasteiger partial charge in [-0.15, -0.1) is 0 Å². The Bertz CT molecular complexity index is 624. The summed E-state index contributed by atoms with van der Waals surface area (Å²) in [6.45, 7) is 10.9. The molecule has 0 aliphatic rings. The highest BCUT2D eigenvalue weighted by Gasteiger charge is 2.41. The third-order valence-electron chi connectivity index (χ3n) is 3.53. The number of nitrogens with zero attached hydrogens (tertiary/aromatic N) is 1. The van der Waals surface area contributed by atoms with E-state index in [0.29, 0.717) is 24.4 Å². The quantitative estimate of drug-likeness (QED) is 0.828. The van der Waals surface area contributed by atoms with Gasteiger partial charge in [-0.2, -0.15) is 0 Å². The molecule has 1 N–H and O–H groups in total. The number of ketones is 1. The number of sulfonamides is 1. The molecule has 0 aliphatic carbocycles. The van der Waals surface area contributed by atoms with E-state index in [2.05, 4.69) is 9.88 Å². The number of nitrogens with one attached hydrogen (secondary N) is 1. The van der Waals surface area contributed by atoms with E-state index in [1.165, 1.54) is 13.8 Å². The van der Waals surface area contributed by atoms with Crippen molar-refractivity contribution in [1.29, 1.82) is 0 Å². The molecule has 0 radical (unpaired) electrons. The molecule has 1 rings (SSSR count). The Morgan fingerprint density at radius 3 is 2.32 bits per heavy atom. The van der Waals surface area contributed by atoms with Crippen LogP contribution in [0.1, 0.15) is 59.4 Å². The average molecular weight is 330 g/mol. The lowest BCUT2D eigenvalue weighted by Crippen LogP contribution is -2.48. The van der Waals surface area contributed by atoms with Crippen LogP contribution in [0.3, 0.4) is 0 Å². The van der Waals surface area contributed by atoms with Crippen LogP contribution in [0.25, 0.3) is 0 Å². The zero-order chi connectivity index (χ0) is 17.2. The van der Waals surface area contributed by atoms with Gasteiger partial charge in [-0.1, -0.05) is 32.9 Å². The molecule has 0 aliphatic heterocycles. The number of Topliss-reactive ketones (excluding diaryl/α,β-unsaturated/α-hetero) is 1. The average Bonchev–Trinajstić information content (AvgIpc) is 2.84. The largest absolute Gasteiger partial charge is 0.361 e. The summed E-state index contributed by atoms with van der Waals surface area (Å²) in [4.78, 5) is 12.4. The first-order valence-corrected chi connectivity index (χ1v) is 8.88. The summed E-state index contributed by atoms with van der Waals surface area (Å²) in [5.41, 5.74) is 0.243. The van der Waals surface area contributed by atoms with Crippen LogP contribution in [-0.4, -0.2) is 30.6 Å². The van der Waals surface area contributed by atoms with Crippen LogP contribution < -0.4 is 4.72 Å². The highest BCUT2D eigenvalue weighted by molar-refractivity contribution is 7.91. The van der Waals surface area contributed by atoms with E-state index in [1.807, 2.05) is 27.7 Å². The highest BCUT2D eigenvalue weighted by atomic mass is 32.2. The van der Waals surface area contributed by atoms with Crippen molar-refractivity contribution in [2.45, 2.75) is 64.5 Å². The van der Waals surface area contributed by atoms with Gasteiger partial charge in [0.05, 0.1) is 12.1 Å². The molecule has 0 fully saturated rings. The Labute approximate surface area is 132 Å². The first kappa shape index (κ1) is 18.8. The molecule has 0 atom stereocenters. The van der Waals surface area contributed by atoms with Crippen molar-refractivity contribution in [3.63, 3.8) is 0 Å². The van der Waals surface area contributed by atoms with Gasteiger partial charge in [0.1, 0.15) is 10.5 Å². The van der Waals surface area contributed by atoms with Crippen LogP contribution in [0.2, 0.25) is 0 Å². The summed E-state index contributed by atoms with van der Waals surface area (Å²) in [6, 6.07) is 1.71. The molecule has 1 heterocycles. The van der Waals surface area contributed by atoms with E-state index in [4.69, 9.17) is 4.52 Å². The van der Waals surface area contributed by atoms with Gasteiger partial charge in [0.2, 0.25) is 10.0 Å². The fraction of sp³-hybridized carbons (Fsp3) is 0.733. The molecular formula is C15H26N2O4S. The number of hydrogen-bond donors (Lipinski definition) is 1. The second kappa shape index (κ2) is 6.50. The summed E-state index contributed by atoms with van der Waals surface area (Å²) in [7, 11) is -3.72. The summed E-state index contributed by atoms with van der Waals surface area (Å²) >= 11 is 0. The van der Waals surface area contributed by atoms with Crippen LogP contribution in [0, 0.1) is 0 Å². The van der Waals surface area contributed by atoms with Crippen LogP contribution in [0.4, 0.5) is 0 Å². The van der Waals surface area contributed by atoms with E-state index >= 15 is 0 Å². The van der Waals surface area contributed by atoms with Crippen molar-refractivity contribution < 1.29 is 17.7 Å². The zero-order valence-electron chi connectivity index (χ0n) is 14.2. The first-order valence-electron chi connectivity index (χ1n) is 7.40. The van der Waals surface area contributed by atoms with Crippen LogP contribution in [-0.2, 0) is 26.7 Å². The Hall–Kier alpha value is -1.21. The van der Waals surface area contributed by atoms with Crippen molar-refractivity contribution in [2.24, 2.45) is 0 Å². The minimum absolute atomic E-state index is 0.0698. The molecule has 0 unspecified atom stereocenters. The number of hydrogen-bond acceptors (Lipinski definition) is 5. The Morgan fingerprint density at radius 1 is 1.27 bits per heavy atom. The Morgan fingerprint density at radius 2 is 1.86 bits per heavy atom. The normalized spacial score (nSPS) is 13.4. The first-order chi connectivity index (χ1) is 9.91. The molecule has 1 aromatic rings. The minimum Gasteiger partial charge on any atom is -0.361 e. The Balaban J connectivity index is 2.90. The number of aromatic nitrogens is 1. The molecule has 0 amide bonds. The van der Waals surface area contributed by atoms with Crippen LogP contribution in [0.15, 0.2) is 10.6 Å². The zero-order valence-corrected chi connectivity index (χ0v) is 15.0. The smallest absolute Gasteiger partial charge is 0.223 e. The molecule has 0 saturated carbocycles. The molecule has 7 heteroatoms. The summed E-state index contributed by atoms with van der Waals surface area (Å²) in [5.74, 6) is 0.255. The third-order valence-corrected chi connectivity index (χ3v) is 5.68. The van der Waals surface area contributed by atoms with E-state index in [0.717, 1.165) is 0 Å². The number of carbonyl (C=O) groups excluding carboxylic acids is 1. The topological polar surface area (TPSA) is 89.3 Å². The van der Waals surface area contributed by atoms with E-state index in [9.17, 15) is 13.2 Å². The van der Waals surface area contributed by atoms with E-state index in [-0.39, 0.29) is 11.8 Å². The molecule has 126 valence electrons. The lowest BCUT2D eigenvalue weighted by Gasteiger charge is -2.23. The van der Waals surface area contributed by atoms with Gasteiger partial charge in [-0.3, -0.25) is 4.79 Å². The van der Waals surface area contributed by atoms with Crippen molar-refractivity contribution in [3.8, 4) is 0 Å². The van der Waals surface area contributed by atoms with E-state index < -0.39 is 20.6 Å².